The molecule has 0 N–H and O–H groups in total. The largest absolute Gasteiger partial charge is 1.00 e. The number of rotatable bonds is 5. The van der Waals surface area contributed by atoms with Crippen molar-refractivity contribution >= 4 is 14.4 Å². The first kappa shape index (κ1) is 44.7. The Bertz CT molecular complexity index is 2290. The third-order valence-electron chi connectivity index (χ3n) is 13.3. The van der Waals surface area contributed by atoms with Crippen molar-refractivity contribution in [1.82, 2.24) is 0 Å². The van der Waals surface area contributed by atoms with E-state index >= 15 is 0 Å². The van der Waals surface area contributed by atoms with E-state index in [4.69, 9.17) is 0 Å². The molecule has 58 heavy (non-hydrogen) atoms. The van der Waals surface area contributed by atoms with Gasteiger partial charge < -0.3 is 24.8 Å². The van der Waals surface area contributed by atoms with Crippen molar-refractivity contribution in [1.29, 1.82) is 0 Å². The summed E-state index contributed by atoms with van der Waals surface area (Å²) < 4.78 is 3.73. The van der Waals surface area contributed by atoms with Crippen LogP contribution in [0.3, 0.4) is 0 Å². The van der Waals surface area contributed by atoms with E-state index in [2.05, 4.69) is 206 Å². The molecule has 0 bridgehead atoms. The summed E-state index contributed by atoms with van der Waals surface area (Å²) in [6.45, 7) is 33.8. The first-order valence-electron chi connectivity index (χ1n) is 21.3. The first-order chi connectivity index (χ1) is 26.1. The average Bonchev–Trinajstić information content (AvgIpc) is 3.84. The van der Waals surface area contributed by atoms with E-state index in [0.717, 1.165) is 6.42 Å². The summed E-state index contributed by atoms with van der Waals surface area (Å²) >= 11 is -3.04. The Morgan fingerprint density at radius 1 is 0.569 bits per heavy atom. The molecule has 0 radical (unpaired) electrons. The molecule has 0 saturated heterocycles. The number of fused-ring (bicyclic) bond motifs is 5. The summed E-state index contributed by atoms with van der Waals surface area (Å²) in [7, 11) is 0. The fourth-order valence-electron chi connectivity index (χ4n) is 10.3. The van der Waals surface area contributed by atoms with Gasteiger partial charge in [-0.15, -0.1) is 0 Å². The molecule has 4 aliphatic carbocycles. The molecule has 0 saturated carbocycles. The molecule has 8 rings (SSSR count). The number of allylic oxidation sites excluding steroid dienone is 8. The Morgan fingerprint density at radius 2 is 0.983 bits per heavy atom. The Hall–Kier alpha value is -2.83. The molecular formula is C55H64Cl2Zr. The number of hydrogen-bond acceptors (Lipinski definition) is 0. The number of benzene rings is 4. The van der Waals surface area contributed by atoms with Gasteiger partial charge in [-0.05, 0) is 0 Å². The van der Waals surface area contributed by atoms with Crippen LogP contribution in [0.2, 0.25) is 0 Å². The topological polar surface area (TPSA) is 0 Å². The van der Waals surface area contributed by atoms with Gasteiger partial charge in [0.1, 0.15) is 0 Å². The number of halogens is 2. The van der Waals surface area contributed by atoms with Crippen LogP contribution in [-0.4, -0.2) is 3.21 Å². The van der Waals surface area contributed by atoms with E-state index in [-0.39, 0.29) is 51.9 Å². The molecule has 0 amide bonds. The summed E-state index contributed by atoms with van der Waals surface area (Å²) in [6, 6.07) is 33.8. The summed E-state index contributed by atoms with van der Waals surface area (Å²) in [5.41, 5.74) is 19.5. The van der Waals surface area contributed by atoms with Crippen molar-refractivity contribution in [2.75, 3.05) is 0 Å². The van der Waals surface area contributed by atoms with Crippen molar-refractivity contribution in [3.8, 4) is 11.1 Å². The average molecular weight is 887 g/mol. The molecule has 0 spiro atoms. The van der Waals surface area contributed by atoms with Gasteiger partial charge >= 0.3 is 349 Å². The third-order valence-corrected chi connectivity index (χ3v) is 21.8. The van der Waals surface area contributed by atoms with Crippen LogP contribution >= 0.6 is 0 Å². The maximum absolute atomic E-state index is 3.04. The van der Waals surface area contributed by atoms with Crippen LogP contribution in [0, 0.1) is 22.2 Å². The Morgan fingerprint density at radius 3 is 1.34 bits per heavy atom. The second-order valence-corrected chi connectivity index (χ2v) is 27.6. The van der Waals surface area contributed by atoms with Crippen LogP contribution in [0.25, 0.3) is 22.3 Å². The van der Waals surface area contributed by atoms with Gasteiger partial charge in [0.15, 0.2) is 0 Å². The van der Waals surface area contributed by atoms with E-state index in [1.54, 1.807) is 17.6 Å². The molecule has 0 aliphatic heterocycles. The molecule has 4 aromatic rings. The predicted octanol–water partition coefficient (Wildman–Crippen LogP) is 8.99. The summed E-state index contributed by atoms with van der Waals surface area (Å²) in [6.07, 6.45) is 11.7. The third kappa shape index (κ3) is 7.47. The molecule has 302 valence electrons. The van der Waals surface area contributed by atoms with Crippen molar-refractivity contribution in [3.05, 3.63) is 163 Å². The maximum atomic E-state index is 2.73. The monoisotopic (exact) mass is 884 g/mol. The van der Waals surface area contributed by atoms with Gasteiger partial charge in [-0.2, -0.15) is 0 Å². The van der Waals surface area contributed by atoms with Crippen LogP contribution in [0.5, 0.6) is 0 Å². The van der Waals surface area contributed by atoms with Crippen LogP contribution in [-0.2, 0) is 32.1 Å². The second kappa shape index (κ2) is 15.3. The fraction of sp³-hybridized carbons (Fsp3) is 0.400. The molecule has 1 atom stereocenters. The predicted molar refractivity (Wildman–Crippen MR) is 240 cm³/mol. The first-order valence-corrected chi connectivity index (χ1v) is 25.1. The molecule has 1 unspecified atom stereocenters. The van der Waals surface area contributed by atoms with Crippen LogP contribution in [0.15, 0.2) is 118 Å². The van der Waals surface area contributed by atoms with E-state index in [1.807, 2.05) is 0 Å². The summed E-state index contributed by atoms with van der Waals surface area (Å²) in [5.74, 6) is 0.452. The van der Waals surface area contributed by atoms with Gasteiger partial charge in [-0.3, -0.25) is 0 Å². The molecule has 3 heteroatoms. The van der Waals surface area contributed by atoms with Crippen molar-refractivity contribution in [2.45, 2.75) is 118 Å². The zero-order chi connectivity index (χ0) is 40.3. The van der Waals surface area contributed by atoms with E-state index in [1.165, 1.54) is 61.2 Å². The minimum Gasteiger partial charge on any atom is -1.00 e. The Kier molecular flexibility index (Phi) is 11.8. The van der Waals surface area contributed by atoms with E-state index in [0.29, 0.717) is 9.54 Å². The molecule has 4 aromatic carbocycles. The van der Waals surface area contributed by atoms with Gasteiger partial charge in [-0.25, -0.2) is 0 Å². The fourth-order valence-corrected chi connectivity index (χ4v) is 20.0. The van der Waals surface area contributed by atoms with Gasteiger partial charge in [0.25, 0.3) is 0 Å². The minimum atomic E-state index is -3.04. The molecular weight excluding hydrogens is 823 g/mol. The normalized spacial score (nSPS) is 18.6. The molecule has 4 aliphatic rings. The van der Waals surface area contributed by atoms with Crippen molar-refractivity contribution in [3.63, 3.8) is 0 Å². The molecule has 0 aromatic heterocycles. The summed E-state index contributed by atoms with van der Waals surface area (Å²) in [4.78, 5) is 0. The Labute approximate surface area is 371 Å². The van der Waals surface area contributed by atoms with Gasteiger partial charge in [0.2, 0.25) is 0 Å². The molecule has 0 nitrogen and oxygen atoms in total. The smallest absolute Gasteiger partial charge is 1.00 e. The van der Waals surface area contributed by atoms with E-state index in [9.17, 15) is 0 Å². The van der Waals surface area contributed by atoms with Gasteiger partial charge in [0, 0.05) is 0 Å². The Balaban J connectivity index is 0.00000283. The van der Waals surface area contributed by atoms with Crippen LogP contribution in [0.4, 0.5) is 0 Å². The van der Waals surface area contributed by atoms with Gasteiger partial charge in [0.05, 0.1) is 0 Å². The molecule has 0 fully saturated rings. The summed E-state index contributed by atoms with van der Waals surface area (Å²) in [5, 5.41) is 0. The standard InChI is InChI=1S/C31H37.C13H10.C11H17.2ClH.Zr/c1-28(2,3)26-16-30(7,8)24-12-18-11-19-13-25-23(15-21(19)20(18)14-22(24)26)27(29(4,5)6)17-31(25,9)10;1-3-7-12(8-4-1)11-13-9-5-2-6-10-13;1-5-9-6-7-10(8-9)11(2,3)4;;;/h11-17H,1-10H3;1-10H;7-9H,5H2,1-4H3;2*1H;/q;;;;;+2/p-2. The SMILES string of the molecule is CCC1C=C(C(C)(C)C)C=[C]1[Zr+2](=[C](c1ccccc1)c1ccccc1)[CH]1c2cc3c(cc2-c2cc4c(cc21)C(C)(C)C=C4C(C)(C)C)C(C(C)(C)C)=CC3(C)C.[Cl-].[Cl-]. The number of hydrogen-bond donors (Lipinski definition) is 0. The van der Waals surface area contributed by atoms with Gasteiger partial charge in [-0.1, -0.05) is 0 Å². The minimum absolute atomic E-state index is 0. The second-order valence-electron chi connectivity index (χ2n) is 21.5. The zero-order valence-corrected chi connectivity index (χ0v) is 41.5. The zero-order valence-electron chi connectivity index (χ0n) is 37.5. The van der Waals surface area contributed by atoms with Crippen molar-refractivity contribution < 1.29 is 46.1 Å². The quantitative estimate of drug-likeness (QED) is 0.188. The van der Waals surface area contributed by atoms with Crippen LogP contribution < -0.4 is 24.8 Å². The van der Waals surface area contributed by atoms with Crippen LogP contribution in [0.1, 0.15) is 151 Å². The van der Waals surface area contributed by atoms with Crippen molar-refractivity contribution in [2.24, 2.45) is 22.2 Å². The van der Waals surface area contributed by atoms with E-state index < -0.39 is 21.3 Å². The maximum Gasteiger partial charge on any atom is -1.00 e. The molecule has 0 heterocycles.